The SMILES string of the molecule is Cc1ccc(C(=O)N2CCC3(CC2)C(C(=O)O)CC(=O)N3C)s1. The second-order valence-electron chi connectivity index (χ2n) is 6.35. The highest BCUT2D eigenvalue weighted by atomic mass is 32.1. The lowest BCUT2D eigenvalue weighted by molar-refractivity contribution is -0.145. The van der Waals surface area contributed by atoms with Crippen molar-refractivity contribution in [3.63, 3.8) is 0 Å². The monoisotopic (exact) mass is 336 g/mol. The summed E-state index contributed by atoms with van der Waals surface area (Å²) in [5, 5.41) is 9.46. The Morgan fingerprint density at radius 1 is 1.30 bits per heavy atom. The Hall–Kier alpha value is -1.89. The number of aliphatic carboxylic acids is 1. The van der Waals surface area contributed by atoms with Gasteiger partial charge in [-0.3, -0.25) is 14.4 Å². The minimum Gasteiger partial charge on any atom is -0.481 e. The van der Waals surface area contributed by atoms with E-state index >= 15 is 0 Å². The smallest absolute Gasteiger partial charge is 0.309 e. The van der Waals surface area contributed by atoms with Crippen LogP contribution in [0.1, 0.15) is 33.8 Å². The topological polar surface area (TPSA) is 77.9 Å². The second kappa shape index (κ2) is 5.63. The number of hydrogen-bond donors (Lipinski definition) is 1. The predicted octanol–water partition coefficient (Wildman–Crippen LogP) is 1.59. The van der Waals surface area contributed by atoms with E-state index in [4.69, 9.17) is 0 Å². The van der Waals surface area contributed by atoms with E-state index in [0.29, 0.717) is 30.8 Å². The maximum atomic E-state index is 12.5. The van der Waals surface area contributed by atoms with Crippen LogP contribution in [-0.2, 0) is 9.59 Å². The lowest BCUT2D eigenvalue weighted by Crippen LogP contribution is -2.56. The summed E-state index contributed by atoms with van der Waals surface area (Å²) >= 11 is 1.47. The maximum Gasteiger partial charge on any atom is 0.309 e. The molecular weight excluding hydrogens is 316 g/mol. The van der Waals surface area contributed by atoms with E-state index in [9.17, 15) is 19.5 Å². The van der Waals surface area contributed by atoms with Crippen molar-refractivity contribution in [3.8, 4) is 0 Å². The van der Waals surface area contributed by atoms with Crippen LogP contribution in [0.2, 0.25) is 0 Å². The fourth-order valence-corrected chi connectivity index (χ4v) is 4.62. The molecule has 1 spiro atoms. The molecular formula is C16H20N2O4S. The normalized spacial score (nSPS) is 23.6. The molecule has 1 atom stereocenters. The quantitative estimate of drug-likeness (QED) is 0.890. The number of carboxylic acids is 1. The van der Waals surface area contributed by atoms with Crippen LogP contribution in [0.5, 0.6) is 0 Å². The van der Waals surface area contributed by atoms with E-state index < -0.39 is 17.4 Å². The lowest BCUT2D eigenvalue weighted by atomic mass is 9.77. The largest absolute Gasteiger partial charge is 0.481 e. The number of nitrogens with zero attached hydrogens (tertiary/aromatic N) is 2. The van der Waals surface area contributed by atoms with E-state index in [-0.39, 0.29) is 18.2 Å². The molecule has 1 aromatic rings. The molecule has 0 bridgehead atoms. The Labute approximate surface area is 138 Å². The van der Waals surface area contributed by atoms with Gasteiger partial charge in [0.25, 0.3) is 5.91 Å². The second-order valence-corrected chi connectivity index (χ2v) is 7.64. The molecule has 1 unspecified atom stereocenters. The van der Waals surface area contributed by atoms with Crippen LogP contribution in [0.15, 0.2) is 12.1 Å². The van der Waals surface area contributed by atoms with Crippen molar-refractivity contribution >= 4 is 29.1 Å². The minimum absolute atomic E-state index is 0.00296. The molecule has 124 valence electrons. The minimum atomic E-state index is -0.920. The first-order chi connectivity index (χ1) is 10.8. The van der Waals surface area contributed by atoms with Gasteiger partial charge in [0.2, 0.25) is 5.91 Å². The van der Waals surface area contributed by atoms with E-state index in [0.717, 1.165) is 4.88 Å². The molecule has 7 heteroatoms. The van der Waals surface area contributed by atoms with Crippen molar-refractivity contribution in [2.24, 2.45) is 5.92 Å². The average Bonchev–Trinajstić information content (AvgIpc) is 3.05. The van der Waals surface area contributed by atoms with Gasteiger partial charge in [-0.15, -0.1) is 11.3 Å². The highest BCUT2D eigenvalue weighted by Crippen LogP contribution is 2.43. The highest BCUT2D eigenvalue weighted by molar-refractivity contribution is 7.13. The maximum absolute atomic E-state index is 12.5. The van der Waals surface area contributed by atoms with E-state index in [2.05, 4.69) is 0 Å². The first-order valence-electron chi connectivity index (χ1n) is 7.70. The molecule has 0 aliphatic carbocycles. The summed E-state index contributed by atoms with van der Waals surface area (Å²) < 4.78 is 0. The Kier molecular flexibility index (Phi) is 3.91. The first-order valence-corrected chi connectivity index (χ1v) is 8.52. The third-order valence-corrected chi connectivity index (χ3v) is 6.22. The van der Waals surface area contributed by atoms with Gasteiger partial charge in [-0.1, -0.05) is 0 Å². The fourth-order valence-electron chi connectivity index (χ4n) is 3.79. The molecule has 3 heterocycles. The Morgan fingerprint density at radius 3 is 2.48 bits per heavy atom. The van der Waals surface area contributed by atoms with Crippen LogP contribution in [0.3, 0.4) is 0 Å². The van der Waals surface area contributed by atoms with Gasteiger partial charge in [-0.2, -0.15) is 0 Å². The number of amides is 2. The van der Waals surface area contributed by atoms with Crippen molar-refractivity contribution < 1.29 is 19.5 Å². The zero-order chi connectivity index (χ0) is 16.8. The number of piperidine rings is 1. The summed E-state index contributed by atoms with van der Waals surface area (Å²) in [5.41, 5.74) is -0.648. The van der Waals surface area contributed by atoms with Crippen LogP contribution < -0.4 is 0 Å². The van der Waals surface area contributed by atoms with Crippen molar-refractivity contribution in [2.75, 3.05) is 20.1 Å². The molecule has 0 saturated carbocycles. The molecule has 2 fully saturated rings. The number of aryl methyl sites for hydroxylation is 1. The molecule has 3 rings (SSSR count). The molecule has 2 aliphatic heterocycles. The Bertz CT molecular complexity index is 661. The summed E-state index contributed by atoms with van der Waals surface area (Å²) in [4.78, 5) is 41.2. The number of thiophene rings is 1. The number of carbonyl (C=O) groups is 3. The third-order valence-electron chi connectivity index (χ3n) is 5.24. The van der Waals surface area contributed by atoms with Crippen LogP contribution >= 0.6 is 11.3 Å². The van der Waals surface area contributed by atoms with Crippen molar-refractivity contribution in [1.82, 2.24) is 9.80 Å². The zero-order valence-corrected chi connectivity index (χ0v) is 14.1. The van der Waals surface area contributed by atoms with Gasteiger partial charge >= 0.3 is 5.97 Å². The van der Waals surface area contributed by atoms with Crippen molar-refractivity contribution in [1.29, 1.82) is 0 Å². The fraction of sp³-hybridized carbons (Fsp3) is 0.562. The van der Waals surface area contributed by atoms with Crippen molar-refractivity contribution in [2.45, 2.75) is 31.7 Å². The molecule has 2 amide bonds. The Morgan fingerprint density at radius 2 is 1.96 bits per heavy atom. The number of rotatable bonds is 2. The van der Waals surface area contributed by atoms with Crippen LogP contribution in [0.25, 0.3) is 0 Å². The molecule has 6 nitrogen and oxygen atoms in total. The first kappa shape index (κ1) is 16.0. The standard InChI is InChI=1S/C16H20N2O4S/c1-10-3-4-12(23-10)14(20)18-7-5-16(6-8-18)11(15(21)22)9-13(19)17(16)2/h3-4,11H,5-9H2,1-2H3,(H,21,22). The molecule has 0 aromatic carbocycles. The zero-order valence-electron chi connectivity index (χ0n) is 13.2. The number of hydrogen-bond acceptors (Lipinski definition) is 4. The molecule has 0 radical (unpaired) electrons. The summed E-state index contributed by atoms with van der Waals surface area (Å²) in [6, 6.07) is 3.76. The lowest BCUT2D eigenvalue weighted by Gasteiger charge is -2.45. The summed E-state index contributed by atoms with van der Waals surface area (Å²) in [6.45, 7) is 2.93. The van der Waals surface area contributed by atoms with E-state index in [1.54, 1.807) is 16.8 Å². The number of carboxylic acid groups (broad SMARTS) is 1. The van der Waals surface area contributed by atoms with Crippen LogP contribution in [0, 0.1) is 12.8 Å². The van der Waals surface area contributed by atoms with Crippen LogP contribution in [-0.4, -0.2) is 58.4 Å². The molecule has 23 heavy (non-hydrogen) atoms. The third kappa shape index (κ3) is 2.52. The van der Waals surface area contributed by atoms with Gasteiger partial charge in [0, 0.05) is 31.4 Å². The van der Waals surface area contributed by atoms with E-state index in [1.165, 1.54) is 11.3 Å². The average molecular weight is 336 g/mol. The Balaban J connectivity index is 1.75. The highest BCUT2D eigenvalue weighted by Gasteiger charge is 2.55. The summed E-state index contributed by atoms with van der Waals surface area (Å²) in [7, 11) is 1.69. The van der Waals surface area contributed by atoms with Gasteiger partial charge in [-0.25, -0.2) is 0 Å². The predicted molar refractivity (Wildman–Crippen MR) is 85.4 cm³/mol. The van der Waals surface area contributed by atoms with Gasteiger partial charge in [-0.05, 0) is 31.9 Å². The van der Waals surface area contributed by atoms with Gasteiger partial charge in [0.1, 0.15) is 0 Å². The van der Waals surface area contributed by atoms with Gasteiger partial charge in [0.05, 0.1) is 16.3 Å². The summed E-state index contributed by atoms with van der Waals surface area (Å²) in [5.74, 6) is -1.72. The number of carbonyl (C=O) groups excluding carboxylic acids is 2. The summed E-state index contributed by atoms with van der Waals surface area (Å²) in [6.07, 6.45) is 1.09. The molecule has 1 aromatic heterocycles. The van der Waals surface area contributed by atoms with Crippen molar-refractivity contribution in [3.05, 3.63) is 21.9 Å². The molecule has 2 saturated heterocycles. The van der Waals surface area contributed by atoms with Crippen LogP contribution in [0.4, 0.5) is 0 Å². The van der Waals surface area contributed by atoms with Gasteiger partial charge < -0.3 is 14.9 Å². The van der Waals surface area contributed by atoms with E-state index in [1.807, 2.05) is 19.1 Å². The molecule has 1 N–H and O–H groups in total. The number of likely N-dealkylation sites (tertiary alicyclic amines) is 2. The molecule has 2 aliphatic rings. The van der Waals surface area contributed by atoms with Gasteiger partial charge in [0.15, 0.2) is 0 Å².